The zero-order valence-corrected chi connectivity index (χ0v) is 12.4. The minimum absolute atomic E-state index is 0.745. The molecule has 0 amide bonds. The summed E-state index contributed by atoms with van der Waals surface area (Å²) >= 11 is 0. The number of ether oxygens (including phenoxy) is 2. The minimum atomic E-state index is 0.745. The molecule has 1 aromatic carbocycles. The number of methoxy groups -OCH3 is 1. The molecule has 1 aromatic rings. The lowest BCUT2D eigenvalue weighted by Gasteiger charge is -2.22. The van der Waals surface area contributed by atoms with Crippen LogP contribution in [0.25, 0.3) is 0 Å². The van der Waals surface area contributed by atoms with Gasteiger partial charge in [-0.3, -0.25) is 0 Å². The largest absolute Gasteiger partial charge is 0.493 e. The number of benzene rings is 1. The zero-order valence-electron chi connectivity index (χ0n) is 12.4. The molecule has 1 N–H and O–H groups in total. The van der Waals surface area contributed by atoms with Gasteiger partial charge in [0.1, 0.15) is 0 Å². The van der Waals surface area contributed by atoms with Crippen molar-refractivity contribution in [1.29, 1.82) is 0 Å². The Labute approximate surface area is 122 Å². The van der Waals surface area contributed by atoms with Crippen molar-refractivity contribution in [3.05, 3.63) is 36.4 Å². The summed E-state index contributed by atoms with van der Waals surface area (Å²) in [5.41, 5.74) is 1.20. The van der Waals surface area contributed by atoms with Crippen LogP contribution in [-0.4, -0.2) is 26.8 Å². The van der Waals surface area contributed by atoms with Crippen molar-refractivity contribution in [1.82, 2.24) is 5.32 Å². The molecule has 3 nitrogen and oxygen atoms in total. The van der Waals surface area contributed by atoms with Crippen molar-refractivity contribution in [2.75, 3.05) is 26.8 Å². The van der Waals surface area contributed by atoms with Crippen molar-refractivity contribution >= 4 is 0 Å². The summed E-state index contributed by atoms with van der Waals surface area (Å²) in [4.78, 5) is 0. The maximum Gasteiger partial charge on any atom is 0.161 e. The third-order valence-corrected chi connectivity index (χ3v) is 3.79. The summed E-state index contributed by atoms with van der Waals surface area (Å²) < 4.78 is 11.3. The molecule has 0 bridgehead atoms. The van der Waals surface area contributed by atoms with Crippen LogP contribution in [0.4, 0.5) is 0 Å². The maximum atomic E-state index is 5.89. The number of nitrogens with one attached hydrogen (secondary N) is 1. The van der Waals surface area contributed by atoms with E-state index in [1.54, 1.807) is 7.11 Å². The van der Waals surface area contributed by atoms with Crippen molar-refractivity contribution < 1.29 is 9.47 Å². The van der Waals surface area contributed by atoms with Gasteiger partial charge < -0.3 is 14.8 Å². The van der Waals surface area contributed by atoms with E-state index in [0.717, 1.165) is 50.0 Å². The molecule has 1 heterocycles. The highest BCUT2D eigenvalue weighted by Crippen LogP contribution is 2.29. The second-order valence-corrected chi connectivity index (χ2v) is 5.33. The molecule has 3 heteroatoms. The predicted octanol–water partition coefficient (Wildman–Crippen LogP) is 3.19. The Morgan fingerprint density at radius 1 is 1.40 bits per heavy atom. The smallest absolute Gasteiger partial charge is 0.161 e. The van der Waals surface area contributed by atoms with Gasteiger partial charge in [-0.1, -0.05) is 12.1 Å². The molecule has 0 spiro atoms. The van der Waals surface area contributed by atoms with Crippen molar-refractivity contribution in [3.8, 4) is 11.5 Å². The lowest BCUT2D eigenvalue weighted by atomic mass is 9.97. The fourth-order valence-electron chi connectivity index (χ4n) is 2.63. The fraction of sp³-hybridized carbons (Fsp3) is 0.529. The van der Waals surface area contributed by atoms with Gasteiger partial charge in [-0.2, -0.15) is 0 Å². The highest BCUT2D eigenvalue weighted by Gasteiger charge is 2.13. The topological polar surface area (TPSA) is 30.5 Å². The number of rotatable bonds is 7. The molecule has 1 fully saturated rings. The van der Waals surface area contributed by atoms with E-state index in [4.69, 9.17) is 9.47 Å². The highest BCUT2D eigenvalue weighted by molar-refractivity contribution is 5.43. The van der Waals surface area contributed by atoms with Crippen LogP contribution in [0.15, 0.2) is 30.9 Å². The first-order valence-electron chi connectivity index (χ1n) is 7.45. The lowest BCUT2D eigenvalue weighted by molar-refractivity contribution is 0.245. The second kappa shape index (κ2) is 7.95. The van der Waals surface area contributed by atoms with E-state index in [-0.39, 0.29) is 0 Å². The number of hydrogen-bond acceptors (Lipinski definition) is 3. The van der Waals surface area contributed by atoms with Gasteiger partial charge in [-0.15, -0.1) is 6.58 Å². The summed E-state index contributed by atoms with van der Waals surface area (Å²) in [6.45, 7) is 6.80. The fourth-order valence-corrected chi connectivity index (χ4v) is 2.63. The van der Waals surface area contributed by atoms with Crippen LogP contribution < -0.4 is 14.8 Å². The zero-order chi connectivity index (χ0) is 14.2. The molecule has 20 heavy (non-hydrogen) atoms. The van der Waals surface area contributed by atoms with E-state index in [2.05, 4.69) is 18.0 Å². The molecule has 1 unspecified atom stereocenters. The van der Waals surface area contributed by atoms with Gasteiger partial charge in [-0.25, -0.2) is 0 Å². The van der Waals surface area contributed by atoms with Gasteiger partial charge >= 0.3 is 0 Å². The van der Waals surface area contributed by atoms with Crippen molar-refractivity contribution in [2.45, 2.75) is 25.7 Å². The average Bonchev–Trinajstić information content (AvgIpc) is 2.50. The van der Waals surface area contributed by atoms with E-state index in [0.29, 0.717) is 0 Å². The maximum absolute atomic E-state index is 5.89. The molecule has 1 atom stereocenters. The molecule has 2 rings (SSSR count). The van der Waals surface area contributed by atoms with Crippen LogP contribution in [0.3, 0.4) is 0 Å². The molecule has 0 aromatic heterocycles. The minimum Gasteiger partial charge on any atom is -0.493 e. The van der Waals surface area contributed by atoms with Gasteiger partial charge in [0.05, 0.1) is 13.7 Å². The van der Waals surface area contributed by atoms with Crippen LogP contribution >= 0.6 is 0 Å². The van der Waals surface area contributed by atoms with Crippen LogP contribution in [0, 0.1) is 5.92 Å². The molecule has 0 aliphatic carbocycles. The Morgan fingerprint density at radius 2 is 2.30 bits per heavy atom. The summed E-state index contributed by atoms with van der Waals surface area (Å²) in [5, 5.41) is 3.44. The Morgan fingerprint density at radius 3 is 3.00 bits per heavy atom. The molecule has 1 saturated heterocycles. The third-order valence-electron chi connectivity index (χ3n) is 3.79. The summed E-state index contributed by atoms with van der Waals surface area (Å²) in [7, 11) is 1.69. The molecular weight excluding hydrogens is 250 g/mol. The quantitative estimate of drug-likeness (QED) is 0.775. The van der Waals surface area contributed by atoms with E-state index < -0.39 is 0 Å². The summed E-state index contributed by atoms with van der Waals surface area (Å²) in [5.74, 6) is 2.39. The Bertz CT molecular complexity index is 425. The van der Waals surface area contributed by atoms with Crippen LogP contribution in [0.1, 0.15) is 24.8 Å². The monoisotopic (exact) mass is 275 g/mol. The molecule has 110 valence electrons. The second-order valence-electron chi connectivity index (χ2n) is 5.33. The molecular formula is C17H25NO2. The van der Waals surface area contributed by atoms with Gasteiger partial charge in [0.2, 0.25) is 0 Å². The predicted molar refractivity (Wildman–Crippen MR) is 82.6 cm³/mol. The van der Waals surface area contributed by atoms with Crippen LogP contribution in [0.2, 0.25) is 0 Å². The van der Waals surface area contributed by atoms with Crippen LogP contribution in [-0.2, 0) is 6.42 Å². The number of hydrogen-bond donors (Lipinski definition) is 1. The van der Waals surface area contributed by atoms with Gasteiger partial charge in [-0.05, 0) is 62.4 Å². The highest BCUT2D eigenvalue weighted by atomic mass is 16.5. The van der Waals surface area contributed by atoms with Gasteiger partial charge in [0.15, 0.2) is 11.5 Å². The SMILES string of the molecule is C=CCc1ccc(OCCC2CCCNC2)c(OC)c1. The first-order valence-corrected chi connectivity index (χ1v) is 7.45. The van der Waals surface area contributed by atoms with Crippen LogP contribution in [0.5, 0.6) is 11.5 Å². The average molecular weight is 275 g/mol. The molecule has 1 aliphatic rings. The first kappa shape index (κ1) is 14.9. The lowest BCUT2D eigenvalue weighted by Crippen LogP contribution is -2.30. The van der Waals surface area contributed by atoms with E-state index in [9.17, 15) is 0 Å². The summed E-state index contributed by atoms with van der Waals surface area (Å²) in [6, 6.07) is 6.09. The van der Waals surface area contributed by atoms with Gasteiger partial charge in [0.25, 0.3) is 0 Å². The van der Waals surface area contributed by atoms with E-state index in [1.807, 2.05) is 18.2 Å². The van der Waals surface area contributed by atoms with Crippen molar-refractivity contribution in [3.63, 3.8) is 0 Å². The summed E-state index contributed by atoms with van der Waals surface area (Å²) in [6.07, 6.45) is 6.44. The van der Waals surface area contributed by atoms with E-state index >= 15 is 0 Å². The number of piperidine rings is 1. The normalized spacial score (nSPS) is 18.6. The third kappa shape index (κ3) is 4.27. The Hall–Kier alpha value is -1.48. The molecule has 0 radical (unpaired) electrons. The first-order chi connectivity index (χ1) is 9.83. The molecule has 0 saturated carbocycles. The Kier molecular flexibility index (Phi) is 5.93. The van der Waals surface area contributed by atoms with E-state index in [1.165, 1.54) is 18.4 Å². The Balaban J connectivity index is 1.86. The van der Waals surface area contributed by atoms with Gasteiger partial charge in [0, 0.05) is 0 Å². The standard InChI is InChI=1S/C17H25NO2/c1-3-5-14-7-8-16(17(12-14)19-2)20-11-9-15-6-4-10-18-13-15/h3,7-8,12,15,18H,1,4-6,9-11,13H2,2H3. The van der Waals surface area contributed by atoms with Crippen molar-refractivity contribution in [2.24, 2.45) is 5.92 Å². The molecule has 1 aliphatic heterocycles. The number of allylic oxidation sites excluding steroid dienone is 1.